The molecule has 1 aliphatic rings. The number of benzene rings is 2. The molecule has 0 aliphatic heterocycles. The summed E-state index contributed by atoms with van der Waals surface area (Å²) in [7, 11) is 0. The van der Waals surface area contributed by atoms with E-state index in [2.05, 4.69) is 6.92 Å². The van der Waals surface area contributed by atoms with E-state index in [1.54, 1.807) is 48.5 Å². The van der Waals surface area contributed by atoms with Gasteiger partial charge in [-0.1, -0.05) is 61.9 Å². The zero-order chi connectivity index (χ0) is 15.6. The molecule has 22 heavy (non-hydrogen) atoms. The van der Waals surface area contributed by atoms with E-state index in [9.17, 15) is 10.1 Å². The Morgan fingerprint density at radius 1 is 1.00 bits per heavy atom. The molecule has 0 heterocycles. The third-order valence-corrected chi connectivity index (χ3v) is 3.98. The lowest BCUT2D eigenvalue weighted by atomic mass is 9.80. The fourth-order valence-electron chi connectivity index (χ4n) is 2.87. The van der Waals surface area contributed by atoms with Crippen molar-refractivity contribution in [1.29, 1.82) is 0 Å². The van der Waals surface area contributed by atoms with Crippen LogP contribution in [0.2, 0.25) is 0 Å². The van der Waals surface area contributed by atoms with Gasteiger partial charge in [0.2, 0.25) is 0 Å². The van der Waals surface area contributed by atoms with Crippen LogP contribution in [0.4, 0.5) is 0 Å². The lowest BCUT2D eigenvalue weighted by Gasteiger charge is -2.36. The highest BCUT2D eigenvalue weighted by molar-refractivity contribution is 6.12. The number of hydrogen-bond acceptors (Lipinski definition) is 4. The van der Waals surface area contributed by atoms with Gasteiger partial charge in [0.25, 0.3) is 5.79 Å². The molecule has 0 radical (unpaired) electrons. The SMILES string of the molecule is CCCCOC1(OO)c2ccccc2C(=O)c2ccccc21. The lowest BCUT2D eigenvalue weighted by molar-refractivity contribution is -0.396. The highest BCUT2D eigenvalue weighted by Crippen LogP contribution is 2.43. The molecule has 0 fully saturated rings. The van der Waals surface area contributed by atoms with Crippen LogP contribution >= 0.6 is 0 Å². The third kappa shape index (κ3) is 2.16. The quantitative estimate of drug-likeness (QED) is 0.395. The van der Waals surface area contributed by atoms with E-state index in [0.717, 1.165) is 12.8 Å². The Labute approximate surface area is 129 Å². The Hall–Kier alpha value is -2.01. The van der Waals surface area contributed by atoms with Crippen LogP contribution in [0, 0.1) is 0 Å². The fraction of sp³-hybridized carbons (Fsp3) is 0.278. The summed E-state index contributed by atoms with van der Waals surface area (Å²) in [5, 5.41) is 9.68. The molecule has 0 amide bonds. The van der Waals surface area contributed by atoms with E-state index >= 15 is 0 Å². The smallest absolute Gasteiger partial charge is 0.255 e. The van der Waals surface area contributed by atoms with Crippen molar-refractivity contribution in [3.8, 4) is 0 Å². The molecule has 0 bridgehead atoms. The van der Waals surface area contributed by atoms with E-state index < -0.39 is 5.79 Å². The minimum Gasteiger partial charge on any atom is -0.340 e. The van der Waals surface area contributed by atoms with E-state index in [0.29, 0.717) is 28.9 Å². The first-order valence-electron chi connectivity index (χ1n) is 7.45. The van der Waals surface area contributed by atoms with Gasteiger partial charge in [0.05, 0.1) is 6.61 Å². The van der Waals surface area contributed by atoms with Crippen LogP contribution in [-0.4, -0.2) is 17.6 Å². The molecule has 0 spiro atoms. The van der Waals surface area contributed by atoms with Gasteiger partial charge in [0.15, 0.2) is 5.78 Å². The molecular weight excluding hydrogens is 280 g/mol. The average Bonchev–Trinajstić information content (AvgIpc) is 2.58. The minimum absolute atomic E-state index is 0.0852. The van der Waals surface area contributed by atoms with Crippen molar-refractivity contribution >= 4 is 5.78 Å². The van der Waals surface area contributed by atoms with E-state index in [1.165, 1.54) is 0 Å². The number of unbranched alkanes of at least 4 members (excludes halogenated alkanes) is 1. The first kappa shape index (κ1) is 14.9. The highest BCUT2D eigenvalue weighted by atomic mass is 17.1. The van der Waals surface area contributed by atoms with Gasteiger partial charge in [-0.2, -0.15) is 4.89 Å². The van der Waals surface area contributed by atoms with Gasteiger partial charge in [-0.15, -0.1) is 0 Å². The summed E-state index contributed by atoms with van der Waals surface area (Å²) in [6.45, 7) is 2.48. The normalized spacial score (nSPS) is 15.3. The summed E-state index contributed by atoms with van der Waals surface area (Å²) in [5.74, 6) is -1.53. The summed E-state index contributed by atoms with van der Waals surface area (Å²) < 4.78 is 5.94. The van der Waals surface area contributed by atoms with Crippen molar-refractivity contribution in [2.75, 3.05) is 6.61 Å². The number of fused-ring (bicyclic) bond motifs is 2. The Balaban J connectivity index is 2.20. The first-order chi connectivity index (χ1) is 10.7. The largest absolute Gasteiger partial charge is 0.340 e. The molecule has 114 valence electrons. The predicted octanol–water partition coefficient (Wildman–Crippen LogP) is 3.74. The van der Waals surface area contributed by atoms with Gasteiger partial charge in [-0.3, -0.25) is 4.79 Å². The summed E-state index contributed by atoms with van der Waals surface area (Å²) >= 11 is 0. The van der Waals surface area contributed by atoms with Gasteiger partial charge >= 0.3 is 0 Å². The molecule has 0 saturated carbocycles. The number of hydrogen-bond donors (Lipinski definition) is 1. The van der Waals surface area contributed by atoms with Gasteiger partial charge in [-0.05, 0) is 6.42 Å². The maximum atomic E-state index is 12.6. The van der Waals surface area contributed by atoms with Crippen LogP contribution < -0.4 is 0 Å². The second-order valence-corrected chi connectivity index (χ2v) is 5.33. The fourth-order valence-corrected chi connectivity index (χ4v) is 2.87. The molecule has 4 heteroatoms. The number of rotatable bonds is 5. The van der Waals surface area contributed by atoms with E-state index in [-0.39, 0.29) is 5.78 Å². The minimum atomic E-state index is -1.45. The van der Waals surface area contributed by atoms with Gasteiger partial charge in [0, 0.05) is 22.3 Å². The van der Waals surface area contributed by atoms with Crippen LogP contribution in [0.1, 0.15) is 46.8 Å². The van der Waals surface area contributed by atoms with Crippen LogP contribution in [0.15, 0.2) is 48.5 Å². The molecule has 1 N–H and O–H groups in total. The zero-order valence-electron chi connectivity index (χ0n) is 12.4. The molecular formula is C18H18O4. The molecule has 0 unspecified atom stereocenters. The maximum Gasteiger partial charge on any atom is 0.255 e. The molecule has 4 nitrogen and oxygen atoms in total. The Bertz CT molecular complexity index is 643. The monoisotopic (exact) mass is 298 g/mol. The van der Waals surface area contributed by atoms with Crippen LogP contribution in [-0.2, 0) is 15.4 Å². The van der Waals surface area contributed by atoms with Crippen molar-refractivity contribution in [3.05, 3.63) is 70.8 Å². The molecule has 0 saturated heterocycles. The Kier molecular flexibility index (Phi) is 4.07. The topological polar surface area (TPSA) is 55.8 Å². The van der Waals surface area contributed by atoms with Crippen LogP contribution in [0.5, 0.6) is 0 Å². The number of carbonyl (C=O) groups is 1. The van der Waals surface area contributed by atoms with E-state index in [1.807, 2.05) is 0 Å². The maximum absolute atomic E-state index is 12.6. The van der Waals surface area contributed by atoms with Crippen LogP contribution in [0.25, 0.3) is 0 Å². The zero-order valence-corrected chi connectivity index (χ0v) is 12.4. The first-order valence-corrected chi connectivity index (χ1v) is 7.45. The predicted molar refractivity (Wildman–Crippen MR) is 81.7 cm³/mol. The number of ketones is 1. The molecule has 2 aromatic rings. The summed E-state index contributed by atoms with van der Waals surface area (Å²) in [5.41, 5.74) is 2.06. The molecule has 3 rings (SSSR count). The van der Waals surface area contributed by atoms with Gasteiger partial charge < -0.3 is 4.74 Å². The molecule has 0 atom stereocenters. The second kappa shape index (κ2) is 6.01. The number of carbonyl (C=O) groups excluding carboxylic acids is 1. The Morgan fingerprint density at radius 2 is 1.55 bits per heavy atom. The average molecular weight is 298 g/mol. The molecule has 0 aromatic heterocycles. The van der Waals surface area contributed by atoms with Gasteiger partial charge in [0.1, 0.15) is 0 Å². The van der Waals surface area contributed by atoms with Crippen molar-refractivity contribution in [1.82, 2.24) is 0 Å². The second-order valence-electron chi connectivity index (χ2n) is 5.33. The van der Waals surface area contributed by atoms with Crippen molar-refractivity contribution < 1.29 is 19.7 Å². The molecule has 2 aromatic carbocycles. The number of ether oxygens (including phenoxy) is 1. The highest BCUT2D eigenvalue weighted by Gasteiger charge is 2.46. The van der Waals surface area contributed by atoms with Gasteiger partial charge in [-0.25, -0.2) is 5.26 Å². The van der Waals surface area contributed by atoms with Crippen molar-refractivity contribution in [2.45, 2.75) is 25.6 Å². The summed E-state index contributed by atoms with van der Waals surface area (Å²) in [6.07, 6.45) is 1.80. The standard InChI is InChI=1S/C18H18O4/c1-2-3-12-21-18(22-20)15-10-6-4-8-13(15)17(19)14-9-5-7-11-16(14)18/h4-11,20H,2-3,12H2,1H3. The summed E-state index contributed by atoms with van der Waals surface area (Å²) in [6, 6.07) is 14.2. The summed E-state index contributed by atoms with van der Waals surface area (Å²) in [4.78, 5) is 17.5. The molecule has 1 aliphatic carbocycles. The van der Waals surface area contributed by atoms with Crippen molar-refractivity contribution in [3.63, 3.8) is 0 Å². The third-order valence-electron chi connectivity index (χ3n) is 3.98. The lowest BCUT2D eigenvalue weighted by Crippen LogP contribution is -2.40. The van der Waals surface area contributed by atoms with E-state index in [4.69, 9.17) is 9.62 Å². The van der Waals surface area contributed by atoms with Crippen LogP contribution in [0.3, 0.4) is 0 Å². The van der Waals surface area contributed by atoms with Crippen molar-refractivity contribution in [2.24, 2.45) is 0 Å². The Morgan fingerprint density at radius 3 is 2.05 bits per heavy atom.